The van der Waals surface area contributed by atoms with Crippen LogP contribution in [0, 0.1) is 5.92 Å². The fourth-order valence-electron chi connectivity index (χ4n) is 3.36. The van der Waals surface area contributed by atoms with Gasteiger partial charge in [0.1, 0.15) is 12.4 Å². The van der Waals surface area contributed by atoms with E-state index in [1.54, 1.807) is 0 Å². The van der Waals surface area contributed by atoms with Crippen LogP contribution in [0.1, 0.15) is 38.5 Å². The van der Waals surface area contributed by atoms with Crippen LogP contribution >= 0.6 is 0 Å². The van der Waals surface area contributed by atoms with Crippen LogP contribution in [0.3, 0.4) is 0 Å². The molecule has 1 aliphatic carbocycles. The fraction of sp³-hybridized carbons (Fsp3) is 0.650. The van der Waals surface area contributed by atoms with Crippen LogP contribution in [0.4, 0.5) is 0 Å². The van der Waals surface area contributed by atoms with Crippen LogP contribution in [-0.4, -0.2) is 50.3 Å². The predicted octanol–water partition coefficient (Wildman–Crippen LogP) is 2.84. The monoisotopic (exact) mass is 348 g/mol. The Kier molecular flexibility index (Phi) is 9.37. The molecule has 2 N–H and O–H groups in total. The fourth-order valence-corrected chi connectivity index (χ4v) is 3.36. The molecule has 2 rings (SSSR count). The molecule has 5 heteroatoms. The third kappa shape index (κ3) is 8.89. The molecule has 0 unspecified atom stereocenters. The molecule has 25 heavy (non-hydrogen) atoms. The normalized spacial score (nSPS) is 15.4. The van der Waals surface area contributed by atoms with Crippen molar-refractivity contribution >= 4 is 5.91 Å². The van der Waals surface area contributed by atoms with E-state index in [2.05, 4.69) is 4.90 Å². The molecule has 1 aromatic rings. The molecule has 0 saturated heterocycles. The van der Waals surface area contributed by atoms with E-state index in [0.717, 1.165) is 31.2 Å². The van der Waals surface area contributed by atoms with Gasteiger partial charge >= 0.3 is 0 Å². The number of ether oxygens (including phenoxy) is 2. The van der Waals surface area contributed by atoms with Gasteiger partial charge in [0, 0.05) is 6.54 Å². The summed E-state index contributed by atoms with van der Waals surface area (Å²) >= 11 is 0. The summed E-state index contributed by atoms with van der Waals surface area (Å²) in [7, 11) is 0. The Balaban J connectivity index is 1.57. The number of para-hydroxylation sites is 1. The first-order chi connectivity index (χ1) is 12.2. The van der Waals surface area contributed by atoms with Gasteiger partial charge in [0.2, 0.25) is 5.91 Å². The Morgan fingerprint density at radius 3 is 2.52 bits per heavy atom. The maximum Gasteiger partial charge on any atom is 0.231 e. The zero-order valence-electron chi connectivity index (χ0n) is 15.2. The number of carbonyl (C=O) groups is 1. The molecular formula is C20H32N2O3. The van der Waals surface area contributed by atoms with E-state index < -0.39 is 0 Å². The molecule has 0 heterocycles. The molecule has 1 saturated carbocycles. The van der Waals surface area contributed by atoms with Gasteiger partial charge in [-0.05, 0) is 31.0 Å². The molecule has 140 valence electrons. The highest BCUT2D eigenvalue weighted by Crippen LogP contribution is 2.26. The summed E-state index contributed by atoms with van der Waals surface area (Å²) in [6.45, 7) is 3.65. The van der Waals surface area contributed by atoms with Crippen molar-refractivity contribution in [1.29, 1.82) is 0 Å². The van der Waals surface area contributed by atoms with Crippen LogP contribution < -0.4 is 10.5 Å². The van der Waals surface area contributed by atoms with E-state index in [4.69, 9.17) is 15.2 Å². The van der Waals surface area contributed by atoms with Gasteiger partial charge < -0.3 is 15.2 Å². The van der Waals surface area contributed by atoms with Gasteiger partial charge in [-0.2, -0.15) is 0 Å². The zero-order chi connectivity index (χ0) is 17.7. The number of nitrogens with zero attached hydrogens (tertiary/aromatic N) is 1. The Morgan fingerprint density at radius 2 is 1.80 bits per heavy atom. The van der Waals surface area contributed by atoms with Gasteiger partial charge in [-0.1, -0.05) is 50.3 Å². The Morgan fingerprint density at radius 1 is 1.04 bits per heavy atom. The van der Waals surface area contributed by atoms with Crippen LogP contribution in [0.5, 0.6) is 5.75 Å². The summed E-state index contributed by atoms with van der Waals surface area (Å²) in [6, 6.07) is 9.72. The number of benzene rings is 1. The maximum absolute atomic E-state index is 11.3. The second kappa shape index (κ2) is 11.9. The summed E-state index contributed by atoms with van der Waals surface area (Å²) in [4.78, 5) is 13.4. The average Bonchev–Trinajstić information content (AvgIpc) is 2.63. The molecule has 1 aromatic carbocycles. The molecule has 1 amide bonds. The summed E-state index contributed by atoms with van der Waals surface area (Å²) in [5.41, 5.74) is 5.38. The van der Waals surface area contributed by atoms with Crippen molar-refractivity contribution in [3.05, 3.63) is 30.3 Å². The quantitative estimate of drug-likeness (QED) is 0.590. The second-order valence-corrected chi connectivity index (χ2v) is 6.81. The lowest BCUT2D eigenvalue weighted by molar-refractivity contribution is -0.119. The van der Waals surface area contributed by atoms with E-state index in [1.807, 2.05) is 30.3 Å². The van der Waals surface area contributed by atoms with Crippen LogP contribution in [0.2, 0.25) is 0 Å². The number of primary amides is 1. The van der Waals surface area contributed by atoms with Gasteiger partial charge in [0.25, 0.3) is 0 Å². The molecule has 0 aliphatic heterocycles. The lowest BCUT2D eigenvalue weighted by atomic mass is 9.87. The van der Waals surface area contributed by atoms with Crippen molar-refractivity contribution in [3.63, 3.8) is 0 Å². The van der Waals surface area contributed by atoms with Gasteiger partial charge in [0.15, 0.2) is 0 Å². The zero-order valence-corrected chi connectivity index (χ0v) is 15.2. The first-order valence-electron chi connectivity index (χ1n) is 9.50. The number of nitrogens with two attached hydrogens (primary N) is 1. The van der Waals surface area contributed by atoms with E-state index in [-0.39, 0.29) is 5.91 Å². The second-order valence-electron chi connectivity index (χ2n) is 6.81. The smallest absolute Gasteiger partial charge is 0.231 e. The van der Waals surface area contributed by atoms with Crippen LogP contribution in [0.15, 0.2) is 30.3 Å². The average molecular weight is 348 g/mol. The van der Waals surface area contributed by atoms with Gasteiger partial charge in [-0.3, -0.25) is 9.69 Å². The molecule has 0 aromatic heterocycles. The SMILES string of the molecule is NC(=O)CN(CCOCCOc1ccccc1)CCC1CCCCC1. The van der Waals surface area contributed by atoms with E-state index >= 15 is 0 Å². The number of hydrogen-bond acceptors (Lipinski definition) is 4. The first-order valence-corrected chi connectivity index (χ1v) is 9.50. The largest absolute Gasteiger partial charge is 0.491 e. The van der Waals surface area contributed by atoms with E-state index in [9.17, 15) is 4.79 Å². The van der Waals surface area contributed by atoms with Crippen molar-refractivity contribution in [1.82, 2.24) is 4.90 Å². The minimum absolute atomic E-state index is 0.268. The van der Waals surface area contributed by atoms with E-state index in [1.165, 1.54) is 32.1 Å². The predicted molar refractivity (Wildman–Crippen MR) is 99.6 cm³/mol. The molecule has 5 nitrogen and oxygen atoms in total. The molecule has 0 spiro atoms. The summed E-state index contributed by atoms with van der Waals surface area (Å²) in [6.07, 6.45) is 7.90. The lowest BCUT2D eigenvalue weighted by Crippen LogP contribution is -2.37. The highest BCUT2D eigenvalue weighted by atomic mass is 16.5. The molecular weight excluding hydrogens is 316 g/mol. The standard InChI is InChI=1S/C20H32N2O3/c21-20(23)17-22(12-11-18-7-3-1-4-8-18)13-14-24-15-16-25-19-9-5-2-6-10-19/h2,5-6,9-10,18H,1,3-4,7-8,11-17H2,(H2,21,23). The summed E-state index contributed by atoms with van der Waals surface area (Å²) in [5, 5.41) is 0. The topological polar surface area (TPSA) is 64.8 Å². The number of amides is 1. The third-order valence-electron chi connectivity index (χ3n) is 4.75. The van der Waals surface area contributed by atoms with Crippen LogP contribution in [-0.2, 0) is 9.53 Å². The Bertz CT molecular complexity index is 475. The molecule has 1 aliphatic rings. The highest BCUT2D eigenvalue weighted by molar-refractivity contribution is 5.75. The molecule has 0 bridgehead atoms. The Labute approximate surface area is 151 Å². The van der Waals surface area contributed by atoms with E-state index in [0.29, 0.717) is 26.4 Å². The van der Waals surface area contributed by atoms with Gasteiger partial charge in [-0.25, -0.2) is 0 Å². The van der Waals surface area contributed by atoms with Crippen LogP contribution in [0.25, 0.3) is 0 Å². The summed E-state index contributed by atoms with van der Waals surface area (Å²) < 4.78 is 11.2. The molecule has 0 radical (unpaired) electrons. The number of rotatable bonds is 12. The molecule has 0 atom stereocenters. The van der Waals surface area contributed by atoms with Gasteiger partial charge in [0.05, 0.1) is 19.8 Å². The maximum atomic E-state index is 11.3. The summed E-state index contributed by atoms with van der Waals surface area (Å²) in [5.74, 6) is 1.40. The number of carbonyl (C=O) groups excluding carboxylic acids is 1. The minimum atomic E-state index is -0.268. The lowest BCUT2D eigenvalue weighted by Gasteiger charge is -2.26. The van der Waals surface area contributed by atoms with Crippen molar-refractivity contribution in [2.75, 3.05) is 39.5 Å². The van der Waals surface area contributed by atoms with Crippen molar-refractivity contribution in [2.45, 2.75) is 38.5 Å². The highest BCUT2D eigenvalue weighted by Gasteiger charge is 2.16. The van der Waals surface area contributed by atoms with Crippen molar-refractivity contribution in [3.8, 4) is 5.75 Å². The van der Waals surface area contributed by atoms with Gasteiger partial charge in [-0.15, -0.1) is 0 Å². The van der Waals surface area contributed by atoms with Crippen molar-refractivity contribution < 1.29 is 14.3 Å². The first kappa shape index (κ1) is 19.7. The third-order valence-corrected chi connectivity index (χ3v) is 4.75. The molecule has 1 fully saturated rings. The Hall–Kier alpha value is -1.59. The number of hydrogen-bond donors (Lipinski definition) is 1. The minimum Gasteiger partial charge on any atom is -0.491 e. The van der Waals surface area contributed by atoms with Crippen molar-refractivity contribution in [2.24, 2.45) is 11.7 Å².